The van der Waals surface area contributed by atoms with Gasteiger partial charge in [-0.25, -0.2) is 9.59 Å². The summed E-state index contributed by atoms with van der Waals surface area (Å²) in [7, 11) is 0. The second-order valence-corrected chi connectivity index (χ2v) is 5.94. The third kappa shape index (κ3) is 8.99. The Labute approximate surface area is 146 Å². The van der Waals surface area contributed by atoms with Crippen molar-refractivity contribution in [1.29, 1.82) is 0 Å². The topological polar surface area (TPSA) is 84.5 Å². The minimum Gasteiger partial charge on any atom is -0.452 e. The van der Waals surface area contributed by atoms with Crippen LogP contribution in [0.5, 0.6) is 0 Å². The molecular formula is C15H17F3N2O4S. The maximum atomic E-state index is 12.2. The predicted octanol–water partition coefficient (Wildman–Crippen LogP) is 3.08. The molecule has 0 aliphatic rings. The molecule has 1 rings (SSSR count). The highest BCUT2D eigenvalue weighted by atomic mass is 32.2. The second-order valence-electron chi connectivity index (χ2n) is 4.81. The van der Waals surface area contributed by atoms with Crippen molar-refractivity contribution in [2.45, 2.75) is 30.2 Å². The summed E-state index contributed by atoms with van der Waals surface area (Å²) in [5, 5.41) is 4.44. The Morgan fingerprint density at radius 1 is 1.16 bits per heavy atom. The molecule has 0 saturated carbocycles. The molecule has 0 bridgehead atoms. The van der Waals surface area contributed by atoms with E-state index < -0.39 is 30.0 Å². The maximum Gasteiger partial charge on any atom is 0.446 e. The fourth-order valence-electron chi connectivity index (χ4n) is 1.59. The Kier molecular flexibility index (Phi) is 8.26. The average molecular weight is 378 g/mol. The number of ether oxygens (including phenoxy) is 1. The smallest absolute Gasteiger partial charge is 0.446 e. The number of unbranched alkanes of at least 4 members (excludes halogenated alkanes) is 1. The van der Waals surface area contributed by atoms with E-state index in [1.165, 1.54) is 0 Å². The van der Waals surface area contributed by atoms with Crippen LogP contribution in [-0.2, 0) is 9.53 Å². The summed E-state index contributed by atoms with van der Waals surface area (Å²) in [6, 6.07) is 3.87. The van der Waals surface area contributed by atoms with Crippen LogP contribution in [0.25, 0.3) is 0 Å². The molecule has 0 aromatic heterocycles. The molecule has 0 spiro atoms. The summed E-state index contributed by atoms with van der Waals surface area (Å²) in [6.07, 6.45) is 1.64. The number of alkyl halides is 3. The van der Waals surface area contributed by atoms with Crippen LogP contribution in [0, 0.1) is 0 Å². The van der Waals surface area contributed by atoms with Gasteiger partial charge in [0.25, 0.3) is 5.91 Å². The van der Waals surface area contributed by atoms with Crippen molar-refractivity contribution in [2.24, 2.45) is 0 Å². The van der Waals surface area contributed by atoms with E-state index in [1.807, 2.05) is 12.2 Å². The monoisotopic (exact) mass is 378 g/mol. The molecule has 0 aliphatic carbocycles. The normalized spacial score (nSPS) is 10.9. The minimum absolute atomic E-state index is 0.00766. The number of rotatable bonds is 7. The number of hydrogen-bond donors (Lipinski definition) is 2. The van der Waals surface area contributed by atoms with Crippen LogP contribution in [-0.4, -0.2) is 36.6 Å². The first-order chi connectivity index (χ1) is 11.7. The highest BCUT2D eigenvalue weighted by molar-refractivity contribution is 8.00. The Hall–Kier alpha value is -2.23. The summed E-state index contributed by atoms with van der Waals surface area (Å²) in [4.78, 5) is 34.4. The molecule has 0 saturated heterocycles. The highest BCUT2D eigenvalue weighted by Crippen LogP contribution is 2.36. The molecule has 0 radical (unpaired) electrons. The van der Waals surface area contributed by atoms with Crippen molar-refractivity contribution in [3.05, 3.63) is 29.8 Å². The van der Waals surface area contributed by atoms with Crippen LogP contribution in [0.4, 0.5) is 18.0 Å². The zero-order valence-electron chi connectivity index (χ0n) is 13.3. The van der Waals surface area contributed by atoms with E-state index in [0.717, 1.165) is 37.1 Å². The molecule has 1 aromatic rings. The number of imide groups is 1. The molecule has 0 atom stereocenters. The molecule has 138 valence electrons. The van der Waals surface area contributed by atoms with E-state index in [-0.39, 0.29) is 22.2 Å². The Morgan fingerprint density at radius 3 is 2.36 bits per heavy atom. The Morgan fingerprint density at radius 2 is 1.80 bits per heavy atom. The highest BCUT2D eigenvalue weighted by Gasteiger charge is 2.29. The minimum atomic E-state index is -4.42. The van der Waals surface area contributed by atoms with Crippen LogP contribution in [0.1, 0.15) is 30.1 Å². The first-order valence-electron chi connectivity index (χ1n) is 7.32. The predicted molar refractivity (Wildman–Crippen MR) is 85.1 cm³/mol. The number of thioether (sulfide) groups is 1. The van der Waals surface area contributed by atoms with Crippen molar-refractivity contribution in [3.63, 3.8) is 0 Å². The van der Waals surface area contributed by atoms with Crippen molar-refractivity contribution in [2.75, 3.05) is 13.2 Å². The van der Waals surface area contributed by atoms with E-state index in [9.17, 15) is 27.6 Å². The Balaban J connectivity index is 2.41. The first-order valence-corrected chi connectivity index (χ1v) is 8.13. The maximum absolute atomic E-state index is 12.2. The van der Waals surface area contributed by atoms with Crippen molar-refractivity contribution in [3.8, 4) is 0 Å². The summed E-state index contributed by atoms with van der Waals surface area (Å²) in [5.41, 5.74) is -4.43. The lowest BCUT2D eigenvalue weighted by Crippen LogP contribution is -2.41. The van der Waals surface area contributed by atoms with E-state index >= 15 is 0 Å². The Bertz CT molecular complexity index is 606. The van der Waals surface area contributed by atoms with E-state index in [4.69, 9.17) is 4.74 Å². The van der Waals surface area contributed by atoms with Gasteiger partial charge in [0.15, 0.2) is 6.61 Å². The fraction of sp³-hybridized carbons (Fsp3) is 0.400. The quantitative estimate of drug-likeness (QED) is 0.433. The number of carbonyl (C=O) groups is 3. The number of esters is 1. The molecule has 2 N–H and O–H groups in total. The van der Waals surface area contributed by atoms with Gasteiger partial charge >= 0.3 is 17.5 Å². The summed E-state index contributed by atoms with van der Waals surface area (Å²) in [6.45, 7) is 1.68. The number of benzene rings is 1. The average Bonchev–Trinajstić information content (AvgIpc) is 2.52. The van der Waals surface area contributed by atoms with Gasteiger partial charge in [0.2, 0.25) is 0 Å². The zero-order chi connectivity index (χ0) is 18.9. The molecule has 25 heavy (non-hydrogen) atoms. The molecule has 0 heterocycles. The third-order valence-electron chi connectivity index (χ3n) is 2.73. The molecule has 1 aromatic carbocycles. The second kappa shape index (κ2) is 9.92. The first kappa shape index (κ1) is 20.8. The molecule has 10 heteroatoms. The lowest BCUT2D eigenvalue weighted by molar-refractivity contribution is -0.123. The lowest BCUT2D eigenvalue weighted by atomic mass is 10.2. The van der Waals surface area contributed by atoms with E-state index in [0.29, 0.717) is 6.54 Å². The molecule has 0 fully saturated rings. The third-order valence-corrected chi connectivity index (χ3v) is 3.47. The standard InChI is InChI=1S/C15H17F3N2O4S/c1-2-3-8-19-14(23)20-12(21)9-24-13(22)10-4-6-11(7-5-10)25-15(16,17)18/h4-7H,2-3,8-9H2,1H3,(H2,19,20,21,23). The summed E-state index contributed by atoms with van der Waals surface area (Å²) < 4.78 is 41.3. The molecule has 0 unspecified atom stereocenters. The van der Waals surface area contributed by atoms with Crippen molar-refractivity contribution in [1.82, 2.24) is 10.6 Å². The lowest BCUT2D eigenvalue weighted by Gasteiger charge is -2.08. The SMILES string of the molecule is CCCCNC(=O)NC(=O)COC(=O)c1ccc(SC(F)(F)F)cc1. The molecule has 0 aliphatic heterocycles. The number of amides is 3. The van der Waals surface area contributed by atoms with Gasteiger partial charge < -0.3 is 10.1 Å². The van der Waals surface area contributed by atoms with Gasteiger partial charge in [-0.3, -0.25) is 10.1 Å². The van der Waals surface area contributed by atoms with Gasteiger partial charge in [0, 0.05) is 11.4 Å². The van der Waals surface area contributed by atoms with E-state index in [2.05, 4.69) is 5.32 Å². The number of urea groups is 1. The van der Waals surface area contributed by atoms with Crippen LogP contribution >= 0.6 is 11.8 Å². The van der Waals surface area contributed by atoms with Gasteiger partial charge in [-0.2, -0.15) is 13.2 Å². The van der Waals surface area contributed by atoms with Gasteiger partial charge in [-0.05, 0) is 42.4 Å². The molecule has 6 nitrogen and oxygen atoms in total. The number of halogens is 3. The van der Waals surface area contributed by atoms with Crippen LogP contribution in [0.3, 0.4) is 0 Å². The van der Waals surface area contributed by atoms with Crippen molar-refractivity contribution < 1.29 is 32.3 Å². The van der Waals surface area contributed by atoms with E-state index in [1.54, 1.807) is 0 Å². The van der Waals surface area contributed by atoms with Gasteiger partial charge in [0.05, 0.1) is 5.56 Å². The number of carbonyl (C=O) groups excluding carboxylic acids is 3. The van der Waals surface area contributed by atoms with Gasteiger partial charge in [-0.1, -0.05) is 13.3 Å². The van der Waals surface area contributed by atoms with Crippen molar-refractivity contribution >= 4 is 29.7 Å². The van der Waals surface area contributed by atoms with Gasteiger partial charge in [0.1, 0.15) is 0 Å². The number of hydrogen-bond acceptors (Lipinski definition) is 5. The molecule has 3 amide bonds. The van der Waals surface area contributed by atoms with Gasteiger partial charge in [-0.15, -0.1) is 0 Å². The summed E-state index contributed by atoms with van der Waals surface area (Å²) in [5.74, 6) is -1.70. The largest absolute Gasteiger partial charge is 0.452 e. The summed E-state index contributed by atoms with van der Waals surface area (Å²) >= 11 is -0.306. The van der Waals surface area contributed by atoms with Crippen LogP contribution in [0.2, 0.25) is 0 Å². The molecular weight excluding hydrogens is 361 g/mol. The van der Waals surface area contributed by atoms with Crippen LogP contribution < -0.4 is 10.6 Å². The fourth-order valence-corrected chi connectivity index (χ4v) is 2.13. The zero-order valence-corrected chi connectivity index (χ0v) is 14.1. The number of nitrogens with one attached hydrogen (secondary N) is 2. The van der Waals surface area contributed by atoms with Crippen LogP contribution in [0.15, 0.2) is 29.2 Å².